The predicted molar refractivity (Wildman–Crippen MR) is 96.9 cm³/mol. The summed E-state index contributed by atoms with van der Waals surface area (Å²) in [5, 5.41) is 3.06. The Morgan fingerprint density at radius 3 is 3.04 bits per heavy atom. The lowest BCUT2D eigenvalue weighted by Gasteiger charge is -2.35. The van der Waals surface area contributed by atoms with Gasteiger partial charge in [-0.15, -0.1) is 0 Å². The van der Waals surface area contributed by atoms with Gasteiger partial charge in [0.05, 0.1) is 19.1 Å². The quantitative estimate of drug-likeness (QED) is 0.603. The highest BCUT2D eigenvalue weighted by molar-refractivity contribution is 6.30. The van der Waals surface area contributed by atoms with E-state index in [0.29, 0.717) is 37.2 Å². The third-order valence-corrected chi connectivity index (χ3v) is 4.74. The summed E-state index contributed by atoms with van der Waals surface area (Å²) in [5.74, 6) is -0.823. The molecule has 144 valence electrons. The first-order valence-corrected chi connectivity index (χ1v) is 8.97. The third kappa shape index (κ3) is 4.21. The molecule has 0 radical (unpaired) electrons. The second-order valence-electron chi connectivity index (χ2n) is 6.19. The molecule has 0 saturated carbocycles. The van der Waals surface area contributed by atoms with Gasteiger partial charge in [0.15, 0.2) is 0 Å². The molecule has 27 heavy (non-hydrogen) atoms. The number of benzene rings is 1. The number of imidazole rings is 1. The number of halogens is 2. The number of aromatic nitrogens is 2. The Kier molecular flexibility index (Phi) is 5.95. The second-order valence-corrected chi connectivity index (χ2v) is 6.63. The highest BCUT2D eigenvalue weighted by Crippen LogP contribution is 2.35. The van der Waals surface area contributed by atoms with Crippen LogP contribution in [0.4, 0.5) is 9.18 Å². The minimum absolute atomic E-state index is 0.218. The number of carbonyl (C=O) groups excluding carboxylic acids is 2. The number of ether oxygens (including phenoxy) is 1. The van der Waals surface area contributed by atoms with Gasteiger partial charge in [0.25, 0.3) is 0 Å². The zero-order chi connectivity index (χ0) is 19.4. The Hall–Kier alpha value is -2.61. The monoisotopic (exact) mass is 394 g/mol. The van der Waals surface area contributed by atoms with Gasteiger partial charge < -0.3 is 19.9 Å². The van der Waals surface area contributed by atoms with E-state index in [-0.39, 0.29) is 23.4 Å². The van der Waals surface area contributed by atoms with Crippen LogP contribution in [0.2, 0.25) is 5.02 Å². The van der Waals surface area contributed by atoms with Gasteiger partial charge >= 0.3 is 12.0 Å². The van der Waals surface area contributed by atoms with Crippen molar-refractivity contribution in [3.63, 3.8) is 0 Å². The lowest BCUT2D eigenvalue weighted by molar-refractivity contribution is -0.140. The van der Waals surface area contributed by atoms with Crippen LogP contribution in [-0.4, -0.2) is 47.1 Å². The van der Waals surface area contributed by atoms with E-state index in [9.17, 15) is 14.0 Å². The summed E-state index contributed by atoms with van der Waals surface area (Å²) in [6, 6.07) is 3.40. The molecule has 1 aliphatic heterocycles. The number of rotatable bonds is 5. The maximum atomic E-state index is 14.6. The van der Waals surface area contributed by atoms with E-state index in [2.05, 4.69) is 20.0 Å². The molecular weight excluding hydrogens is 375 g/mol. The van der Waals surface area contributed by atoms with E-state index in [4.69, 9.17) is 11.6 Å². The average Bonchev–Trinajstić information content (AvgIpc) is 3.13. The first-order chi connectivity index (χ1) is 13.0. The molecule has 0 spiro atoms. The van der Waals surface area contributed by atoms with Gasteiger partial charge in [-0.2, -0.15) is 0 Å². The highest BCUT2D eigenvalue weighted by atomic mass is 35.5. The Morgan fingerprint density at radius 1 is 1.48 bits per heavy atom. The summed E-state index contributed by atoms with van der Waals surface area (Å²) >= 11 is 5.86. The number of carbonyl (C=O) groups is 2. The van der Waals surface area contributed by atoms with Crippen LogP contribution in [0.1, 0.15) is 35.8 Å². The van der Waals surface area contributed by atoms with Gasteiger partial charge in [-0.1, -0.05) is 17.7 Å². The van der Waals surface area contributed by atoms with Crippen molar-refractivity contribution in [2.45, 2.75) is 25.3 Å². The van der Waals surface area contributed by atoms with Crippen molar-refractivity contribution in [3.8, 4) is 0 Å². The Morgan fingerprint density at radius 2 is 2.30 bits per heavy atom. The van der Waals surface area contributed by atoms with Gasteiger partial charge in [-0.3, -0.25) is 4.79 Å². The molecule has 0 saturated heterocycles. The van der Waals surface area contributed by atoms with Crippen molar-refractivity contribution >= 4 is 23.6 Å². The number of nitrogens with zero attached hydrogens (tertiary/aromatic N) is 2. The fraction of sp³-hybridized carbons (Fsp3) is 0.389. The maximum absolute atomic E-state index is 14.6. The highest BCUT2D eigenvalue weighted by Gasteiger charge is 2.35. The molecule has 0 bridgehead atoms. The van der Waals surface area contributed by atoms with Crippen LogP contribution in [0.5, 0.6) is 0 Å². The summed E-state index contributed by atoms with van der Waals surface area (Å²) in [4.78, 5) is 32.8. The van der Waals surface area contributed by atoms with E-state index >= 15 is 0 Å². The van der Waals surface area contributed by atoms with Gasteiger partial charge in [-0.25, -0.2) is 14.2 Å². The van der Waals surface area contributed by atoms with Crippen molar-refractivity contribution in [2.75, 3.05) is 20.2 Å². The summed E-state index contributed by atoms with van der Waals surface area (Å²) in [6.45, 7) is 0.721. The second kappa shape index (κ2) is 8.39. The average molecular weight is 395 g/mol. The minimum atomic E-state index is -0.655. The number of aromatic amines is 1. The number of methoxy groups -OCH3 is 1. The molecule has 3 rings (SSSR count). The van der Waals surface area contributed by atoms with Crippen LogP contribution in [0.15, 0.2) is 24.5 Å². The standard InChI is InChI=1S/C18H20ClFN4O3/c1-27-15(25)3-2-7-21-18(26)24-8-6-14-16(23-10-22-14)17(24)12-5-4-11(19)9-13(12)20/h4-5,9-10,17H,2-3,6-8H2,1H3,(H,21,26)(H,22,23)/t17-/m1/s1. The largest absolute Gasteiger partial charge is 0.469 e. The molecule has 2 amide bonds. The van der Waals surface area contributed by atoms with Crippen molar-refractivity contribution in [1.82, 2.24) is 20.2 Å². The molecule has 7 nitrogen and oxygen atoms in total. The first-order valence-electron chi connectivity index (χ1n) is 8.59. The summed E-state index contributed by atoms with van der Waals surface area (Å²) in [5.41, 5.74) is 1.83. The summed E-state index contributed by atoms with van der Waals surface area (Å²) in [6.07, 6.45) is 2.81. The molecule has 0 fully saturated rings. The van der Waals surface area contributed by atoms with Crippen molar-refractivity contribution in [1.29, 1.82) is 0 Å². The van der Waals surface area contributed by atoms with Crippen LogP contribution in [-0.2, 0) is 16.0 Å². The molecule has 1 atom stereocenters. The molecule has 0 unspecified atom stereocenters. The Balaban J connectivity index is 1.79. The number of fused-ring (bicyclic) bond motifs is 1. The molecule has 9 heteroatoms. The Bertz CT molecular complexity index is 842. The fourth-order valence-electron chi connectivity index (χ4n) is 3.17. The van der Waals surface area contributed by atoms with Gasteiger partial charge in [0, 0.05) is 42.2 Å². The van der Waals surface area contributed by atoms with Gasteiger partial charge in [0.1, 0.15) is 11.9 Å². The molecule has 1 aromatic carbocycles. The minimum Gasteiger partial charge on any atom is -0.469 e. The van der Waals surface area contributed by atoms with Crippen molar-refractivity contribution in [3.05, 3.63) is 52.3 Å². The zero-order valence-electron chi connectivity index (χ0n) is 14.8. The van der Waals surface area contributed by atoms with E-state index in [0.717, 1.165) is 5.69 Å². The van der Waals surface area contributed by atoms with E-state index in [1.165, 1.54) is 13.2 Å². The van der Waals surface area contributed by atoms with Crippen molar-refractivity contribution in [2.24, 2.45) is 0 Å². The first kappa shape index (κ1) is 19.2. The zero-order valence-corrected chi connectivity index (χ0v) is 15.6. The van der Waals surface area contributed by atoms with Crippen LogP contribution in [0, 0.1) is 5.82 Å². The number of hydrogen-bond acceptors (Lipinski definition) is 4. The lowest BCUT2D eigenvalue weighted by atomic mass is 9.95. The number of nitrogens with one attached hydrogen (secondary N) is 2. The van der Waals surface area contributed by atoms with E-state index in [1.807, 2.05) is 0 Å². The number of amides is 2. The SMILES string of the molecule is COC(=O)CCCNC(=O)N1CCc2[nH]cnc2[C@H]1c1ccc(Cl)cc1F. The number of hydrogen-bond donors (Lipinski definition) is 2. The number of esters is 1. The van der Waals surface area contributed by atoms with Gasteiger partial charge in [-0.05, 0) is 18.6 Å². The van der Waals surface area contributed by atoms with Crippen LogP contribution in [0.25, 0.3) is 0 Å². The lowest BCUT2D eigenvalue weighted by Crippen LogP contribution is -2.46. The number of H-pyrrole nitrogens is 1. The van der Waals surface area contributed by atoms with Crippen LogP contribution in [0.3, 0.4) is 0 Å². The van der Waals surface area contributed by atoms with E-state index < -0.39 is 11.9 Å². The number of urea groups is 1. The molecule has 1 aromatic heterocycles. The fourth-order valence-corrected chi connectivity index (χ4v) is 3.32. The molecule has 2 N–H and O–H groups in total. The third-order valence-electron chi connectivity index (χ3n) is 4.50. The van der Waals surface area contributed by atoms with Crippen LogP contribution >= 0.6 is 11.6 Å². The summed E-state index contributed by atoms with van der Waals surface area (Å²) in [7, 11) is 1.32. The molecule has 2 heterocycles. The molecule has 2 aromatic rings. The summed E-state index contributed by atoms with van der Waals surface area (Å²) < 4.78 is 19.1. The predicted octanol–water partition coefficient (Wildman–Crippen LogP) is 2.81. The topological polar surface area (TPSA) is 87.3 Å². The smallest absolute Gasteiger partial charge is 0.318 e. The molecular formula is C18H20ClFN4O3. The maximum Gasteiger partial charge on any atom is 0.318 e. The van der Waals surface area contributed by atoms with E-state index in [1.54, 1.807) is 23.4 Å². The normalized spacial score (nSPS) is 16.0. The van der Waals surface area contributed by atoms with Gasteiger partial charge in [0.2, 0.25) is 0 Å². The van der Waals surface area contributed by atoms with Crippen molar-refractivity contribution < 1.29 is 18.7 Å². The van der Waals surface area contributed by atoms with Crippen LogP contribution < -0.4 is 5.32 Å². The molecule has 0 aliphatic carbocycles. The molecule has 1 aliphatic rings. The Labute approximate surface area is 160 Å².